The molecule has 1 aromatic heterocycles. The Bertz CT molecular complexity index is 1180. The molecule has 0 bridgehead atoms. The number of nitrogens with one attached hydrogen (secondary N) is 3. The van der Waals surface area contributed by atoms with Crippen LogP contribution in [0.1, 0.15) is 10.4 Å². The molecule has 0 saturated heterocycles. The minimum atomic E-state index is -0.792. The molecule has 1 heterocycles. The molecule has 158 valence electrons. The Kier molecular flexibility index (Phi) is 6.76. The highest BCUT2D eigenvalue weighted by atomic mass is 127. The Morgan fingerprint density at radius 1 is 1.00 bits per heavy atom. The van der Waals surface area contributed by atoms with Crippen LogP contribution in [0.4, 0.5) is 28.7 Å². The molecule has 1 amide bonds. The van der Waals surface area contributed by atoms with Crippen LogP contribution in [0.3, 0.4) is 0 Å². The molecule has 0 aliphatic heterocycles. The van der Waals surface area contributed by atoms with E-state index in [4.69, 9.17) is 11.6 Å². The predicted molar refractivity (Wildman–Crippen MR) is 120 cm³/mol. The highest BCUT2D eigenvalue weighted by molar-refractivity contribution is 14.1. The van der Waals surface area contributed by atoms with Crippen molar-refractivity contribution in [2.24, 2.45) is 0 Å². The number of rotatable bonds is 7. The first-order chi connectivity index (χ1) is 14.8. The molecule has 31 heavy (non-hydrogen) atoms. The fourth-order valence-corrected chi connectivity index (χ4v) is 2.93. The van der Waals surface area contributed by atoms with Crippen molar-refractivity contribution in [1.29, 1.82) is 0 Å². The molecule has 0 radical (unpaired) electrons. The number of hydrogen-bond acceptors (Lipinski definition) is 9. The number of amides is 1. The van der Waals surface area contributed by atoms with Crippen molar-refractivity contribution in [1.82, 2.24) is 15.4 Å². The molecule has 0 fully saturated rings. The van der Waals surface area contributed by atoms with E-state index < -0.39 is 27.1 Å². The SMILES string of the molecule is O=C(NNc1ncnc(Nc2ccc(I)cc2)c1[N+](=O)[O-])c1ccc(Cl)c([N+](=O)[O-])c1. The maximum Gasteiger partial charge on any atom is 0.355 e. The number of nitrogens with zero attached hydrogens (tertiary/aromatic N) is 4. The minimum absolute atomic E-state index is 0.0856. The Morgan fingerprint density at radius 3 is 2.32 bits per heavy atom. The van der Waals surface area contributed by atoms with Crippen LogP contribution < -0.4 is 16.2 Å². The number of aromatic nitrogens is 2. The van der Waals surface area contributed by atoms with Gasteiger partial charge in [0.1, 0.15) is 11.3 Å². The summed E-state index contributed by atoms with van der Waals surface area (Å²) in [4.78, 5) is 41.1. The lowest BCUT2D eigenvalue weighted by Crippen LogP contribution is -2.30. The van der Waals surface area contributed by atoms with Gasteiger partial charge in [-0.2, -0.15) is 0 Å². The van der Waals surface area contributed by atoms with E-state index in [1.54, 1.807) is 24.3 Å². The Balaban J connectivity index is 1.82. The van der Waals surface area contributed by atoms with Crippen LogP contribution in [0.2, 0.25) is 5.02 Å². The highest BCUT2D eigenvalue weighted by Gasteiger charge is 2.24. The zero-order valence-corrected chi connectivity index (χ0v) is 18.1. The second-order valence-electron chi connectivity index (χ2n) is 5.81. The molecule has 0 aliphatic carbocycles. The number of halogens is 2. The fourth-order valence-electron chi connectivity index (χ4n) is 2.39. The van der Waals surface area contributed by atoms with Crippen molar-refractivity contribution >= 4 is 68.8 Å². The van der Waals surface area contributed by atoms with Crippen molar-refractivity contribution in [2.75, 3.05) is 10.7 Å². The summed E-state index contributed by atoms with van der Waals surface area (Å²) in [6, 6.07) is 10.5. The van der Waals surface area contributed by atoms with E-state index in [1.807, 2.05) is 0 Å². The lowest BCUT2D eigenvalue weighted by atomic mass is 10.2. The molecule has 12 nitrogen and oxygen atoms in total. The average Bonchev–Trinajstić information content (AvgIpc) is 2.73. The molecule has 0 unspecified atom stereocenters. The van der Waals surface area contributed by atoms with Gasteiger partial charge in [0.2, 0.25) is 11.6 Å². The quantitative estimate of drug-likeness (QED) is 0.221. The van der Waals surface area contributed by atoms with Crippen LogP contribution in [-0.4, -0.2) is 25.7 Å². The van der Waals surface area contributed by atoms with Gasteiger partial charge in [-0.05, 0) is 59.0 Å². The summed E-state index contributed by atoms with van der Waals surface area (Å²) in [5, 5.41) is 25.3. The topological polar surface area (TPSA) is 165 Å². The predicted octanol–water partition coefficient (Wildman–Crippen LogP) is 4.05. The Labute approximate surface area is 192 Å². The molecule has 3 rings (SSSR count). The molecule has 2 aromatic carbocycles. The zero-order chi connectivity index (χ0) is 22.5. The number of nitro groups is 2. The molecule has 14 heteroatoms. The van der Waals surface area contributed by atoms with Crippen molar-refractivity contribution in [3.05, 3.63) is 83.2 Å². The number of carbonyl (C=O) groups excluding carboxylic acids is 1. The molecule has 0 atom stereocenters. The van der Waals surface area contributed by atoms with E-state index in [9.17, 15) is 25.0 Å². The van der Waals surface area contributed by atoms with Crippen molar-refractivity contribution in [2.45, 2.75) is 0 Å². The summed E-state index contributed by atoms with van der Waals surface area (Å²) in [7, 11) is 0. The lowest BCUT2D eigenvalue weighted by molar-refractivity contribution is -0.384. The zero-order valence-electron chi connectivity index (χ0n) is 15.2. The molecule has 0 aliphatic rings. The average molecular weight is 556 g/mol. The summed E-state index contributed by atoms with van der Waals surface area (Å²) in [5.74, 6) is -1.18. The van der Waals surface area contributed by atoms with Gasteiger partial charge in [0.25, 0.3) is 11.6 Å². The maximum atomic E-state index is 12.3. The van der Waals surface area contributed by atoms with Gasteiger partial charge in [-0.3, -0.25) is 35.9 Å². The van der Waals surface area contributed by atoms with Crippen LogP contribution in [-0.2, 0) is 0 Å². The van der Waals surface area contributed by atoms with Crippen LogP contribution in [0.5, 0.6) is 0 Å². The number of benzene rings is 2. The summed E-state index contributed by atoms with van der Waals surface area (Å²) in [5.41, 5.74) is 4.08. The summed E-state index contributed by atoms with van der Waals surface area (Å²) in [6.45, 7) is 0. The van der Waals surface area contributed by atoms with Crippen LogP contribution in [0, 0.1) is 23.8 Å². The molecule has 0 spiro atoms. The largest absolute Gasteiger partial charge is 0.355 e. The first-order valence-electron chi connectivity index (χ1n) is 8.28. The van der Waals surface area contributed by atoms with E-state index in [2.05, 4.69) is 48.7 Å². The van der Waals surface area contributed by atoms with Crippen LogP contribution >= 0.6 is 34.2 Å². The van der Waals surface area contributed by atoms with Gasteiger partial charge >= 0.3 is 5.69 Å². The van der Waals surface area contributed by atoms with Gasteiger partial charge in [0.05, 0.1) is 9.85 Å². The lowest BCUT2D eigenvalue weighted by Gasteiger charge is -2.11. The van der Waals surface area contributed by atoms with E-state index >= 15 is 0 Å². The highest BCUT2D eigenvalue weighted by Crippen LogP contribution is 2.31. The number of anilines is 3. The maximum absolute atomic E-state index is 12.3. The van der Waals surface area contributed by atoms with Gasteiger partial charge < -0.3 is 5.32 Å². The summed E-state index contributed by atoms with van der Waals surface area (Å²) < 4.78 is 0.979. The van der Waals surface area contributed by atoms with Crippen molar-refractivity contribution < 1.29 is 14.6 Å². The number of carbonyl (C=O) groups is 1. The molecule has 0 saturated carbocycles. The monoisotopic (exact) mass is 555 g/mol. The van der Waals surface area contributed by atoms with Gasteiger partial charge in [-0.15, -0.1) is 0 Å². The van der Waals surface area contributed by atoms with Crippen LogP contribution in [0.25, 0.3) is 0 Å². The first-order valence-corrected chi connectivity index (χ1v) is 9.74. The third-order valence-electron chi connectivity index (χ3n) is 3.81. The van der Waals surface area contributed by atoms with E-state index in [0.29, 0.717) is 5.69 Å². The normalized spacial score (nSPS) is 10.3. The molecule has 3 aromatic rings. The Hall–Kier alpha value is -3.59. The minimum Gasteiger partial charge on any atom is -0.334 e. The summed E-state index contributed by atoms with van der Waals surface area (Å²) in [6.07, 6.45) is 1.07. The van der Waals surface area contributed by atoms with Crippen LogP contribution in [0.15, 0.2) is 48.8 Å². The molecular formula is C17H11ClIN7O5. The molecular weight excluding hydrogens is 545 g/mol. The third-order valence-corrected chi connectivity index (χ3v) is 4.85. The van der Waals surface area contributed by atoms with Gasteiger partial charge in [-0.1, -0.05) is 11.6 Å². The van der Waals surface area contributed by atoms with E-state index in [0.717, 1.165) is 16.0 Å². The van der Waals surface area contributed by atoms with E-state index in [1.165, 1.54) is 12.1 Å². The van der Waals surface area contributed by atoms with Gasteiger partial charge in [-0.25, -0.2) is 9.97 Å². The van der Waals surface area contributed by atoms with Crippen molar-refractivity contribution in [3.8, 4) is 0 Å². The second-order valence-corrected chi connectivity index (χ2v) is 7.46. The fraction of sp³-hybridized carbons (Fsp3) is 0. The number of hydrogen-bond donors (Lipinski definition) is 3. The first kappa shape index (κ1) is 22.1. The number of nitro benzene ring substituents is 1. The van der Waals surface area contributed by atoms with Gasteiger partial charge in [0, 0.05) is 20.9 Å². The standard InChI is InChI=1S/C17H11ClIN7O5/c18-12-6-1-9(7-13(12)25(28)29)17(27)24-23-16-14(26(30)31)15(20-8-21-16)22-11-4-2-10(19)3-5-11/h1-8H,(H,24,27)(H2,20,21,22,23). The summed E-state index contributed by atoms with van der Waals surface area (Å²) >= 11 is 7.85. The number of hydrazine groups is 1. The van der Waals surface area contributed by atoms with Crippen molar-refractivity contribution in [3.63, 3.8) is 0 Å². The Morgan fingerprint density at radius 2 is 1.68 bits per heavy atom. The van der Waals surface area contributed by atoms with E-state index in [-0.39, 0.29) is 22.2 Å². The van der Waals surface area contributed by atoms with Gasteiger partial charge in [0.15, 0.2) is 0 Å². The third kappa shape index (κ3) is 5.32. The molecule has 3 N–H and O–H groups in total. The second kappa shape index (κ2) is 9.48. The smallest absolute Gasteiger partial charge is 0.334 e.